The largest absolute Gasteiger partial charge is 0.329 e. The van der Waals surface area contributed by atoms with Crippen molar-refractivity contribution in [1.29, 1.82) is 0 Å². The Hall–Kier alpha value is -0.0800. The van der Waals surface area contributed by atoms with Crippen molar-refractivity contribution in [3.05, 3.63) is 0 Å². The summed E-state index contributed by atoms with van der Waals surface area (Å²) in [6, 6.07) is 0. The second-order valence-electron chi connectivity index (χ2n) is 5.80. The van der Waals surface area contributed by atoms with E-state index in [1.165, 1.54) is 12.8 Å². The minimum atomic E-state index is 0.214. The molecule has 0 heterocycles. The maximum absolute atomic E-state index is 6.11. The van der Waals surface area contributed by atoms with E-state index in [-0.39, 0.29) is 5.54 Å². The fourth-order valence-electron chi connectivity index (χ4n) is 3.05. The van der Waals surface area contributed by atoms with Crippen LogP contribution in [0.3, 0.4) is 0 Å². The van der Waals surface area contributed by atoms with Crippen molar-refractivity contribution in [1.82, 2.24) is 4.90 Å². The zero-order valence-electron chi connectivity index (χ0n) is 12.2. The van der Waals surface area contributed by atoms with Gasteiger partial charge in [0.15, 0.2) is 0 Å². The number of nitrogens with two attached hydrogens (primary N) is 1. The summed E-state index contributed by atoms with van der Waals surface area (Å²) in [5.41, 5.74) is 6.33. The molecule has 0 aliphatic heterocycles. The van der Waals surface area contributed by atoms with Crippen LogP contribution in [0.4, 0.5) is 0 Å². The molecule has 16 heavy (non-hydrogen) atoms. The molecule has 0 aliphatic carbocycles. The summed E-state index contributed by atoms with van der Waals surface area (Å²) in [4.78, 5) is 2.56. The lowest BCUT2D eigenvalue weighted by atomic mass is 9.80. The number of likely N-dealkylation sites (N-methyl/N-ethyl adjacent to an activating group) is 1. The van der Waals surface area contributed by atoms with Crippen LogP contribution in [0.25, 0.3) is 0 Å². The molecule has 0 aromatic heterocycles. The van der Waals surface area contributed by atoms with Crippen LogP contribution in [0.2, 0.25) is 0 Å². The average molecular weight is 228 g/mol. The van der Waals surface area contributed by atoms with Crippen LogP contribution in [0.1, 0.15) is 54.4 Å². The molecule has 0 aliphatic rings. The van der Waals surface area contributed by atoms with E-state index in [4.69, 9.17) is 5.73 Å². The summed E-state index contributed by atoms with van der Waals surface area (Å²) in [5.74, 6) is 1.42. The Morgan fingerprint density at radius 1 is 0.938 bits per heavy atom. The molecule has 2 nitrogen and oxygen atoms in total. The Kier molecular flexibility index (Phi) is 7.25. The smallest absolute Gasteiger partial charge is 0.0336 e. The molecule has 0 aromatic rings. The lowest BCUT2D eigenvalue weighted by molar-refractivity contribution is 0.0629. The Morgan fingerprint density at radius 3 is 1.50 bits per heavy atom. The zero-order chi connectivity index (χ0) is 12.8. The molecule has 0 radical (unpaired) electrons. The predicted octanol–water partition coefficient (Wildman–Crippen LogP) is 3.12. The minimum Gasteiger partial charge on any atom is -0.329 e. The molecule has 0 bridgehead atoms. The highest BCUT2D eigenvalue weighted by molar-refractivity contribution is 4.92. The fraction of sp³-hybridized carbons (Fsp3) is 1.00. The van der Waals surface area contributed by atoms with Crippen LogP contribution in [0, 0.1) is 11.8 Å². The first-order valence-corrected chi connectivity index (χ1v) is 6.87. The third kappa shape index (κ3) is 4.42. The lowest BCUT2D eigenvalue weighted by Crippen LogP contribution is -2.55. The first kappa shape index (κ1) is 15.9. The van der Waals surface area contributed by atoms with Crippen LogP contribution in [-0.2, 0) is 0 Å². The van der Waals surface area contributed by atoms with E-state index in [0.29, 0.717) is 11.8 Å². The van der Waals surface area contributed by atoms with Gasteiger partial charge in [-0.05, 0) is 37.8 Å². The summed E-state index contributed by atoms with van der Waals surface area (Å²) in [6.07, 6.45) is 2.42. The second-order valence-corrected chi connectivity index (χ2v) is 5.80. The predicted molar refractivity (Wildman–Crippen MR) is 73.6 cm³/mol. The Bertz CT molecular complexity index is 162. The molecule has 0 unspecified atom stereocenters. The first-order chi connectivity index (χ1) is 7.41. The van der Waals surface area contributed by atoms with E-state index in [1.807, 2.05) is 0 Å². The van der Waals surface area contributed by atoms with Crippen molar-refractivity contribution < 1.29 is 0 Å². The first-order valence-electron chi connectivity index (χ1n) is 6.87. The maximum Gasteiger partial charge on any atom is 0.0336 e. The van der Waals surface area contributed by atoms with Crippen LogP contribution < -0.4 is 5.73 Å². The van der Waals surface area contributed by atoms with Gasteiger partial charge in [0.1, 0.15) is 0 Å². The van der Waals surface area contributed by atoms with Gasteiger partial charge in [0.2, 0.25) is 0 Å². The normalized spacial score (nSPS) is 13.1. The monoisotopic (exact) mass is 228 g/mol. The van der Waals surface area contributed by atoms with E-state index in [1.54, 1.807) is 0 Å². The summed E-state index contributed by atoms with van der Waals surface area (Å²) in [6.45, 7) is 16.7. The number of hydrogen-bond acceptors (Lipinski definition) is 2. The third-order valence-electron chi connectivity index (χ3n) is 3.39. The van der Waals surface area contributed by atoms with E-state index < -0.39 is 0 Å². The third-order valence-corrected chi connectivity index (χ3v) is 3.39. The summed E-state index contributed by atoms with van der Waals surface area (Å²) >= 11 is 0. The minimum absolute atomic E-state index is 0.214. The van der Waals surface area contributed by atoms with Crippen LogP contribution in [0.15, 0.2) is 0 Å². The van der Waals surface area contributed by atoms with Crippen LogP contribution in [0.5, 0.6) is 0 Å². The summed E-state index contributed by atoms with van der Waals surface area (Å²) in [5, 5.41) is 0. The van der Waals surface area contributed by atoms with E-state index in [9.17, 15) is 0 Å². The van der Waals surface area contributed by atoms with Crippen molar-refractivity contribution in [2.75, 3.05) is 19.6 Å². The molecule has 2 heteroatoms. The zero-order valence-corrected chi connectivity index (χ0v) is 12.2. The number of hydrogen-bond donors (Lipinski definition) is 1. The maximum atomic E-state index is 6.11. The molecule has 0 saturated carbocycles. The van der Waals surface area contributed by atoms with E-state index >= 15 is 0 Å². The molecule has 0 atom stereocenters. The highest BCUT2D eigenvalue weighted by atomic mass is 15.2. The van der Waals surface area contributed by atoms with Crippen molar-refractivity contribution in [3.63, 3.8) is 0 Å². The SMILES string of the molecule is CCN(CC)C(CN)(CC(C)C)CC(C)C. The standard InChI is InChI=1S/C14H32N2/c1-7-16(8-2)14(11-15,9-12(3)4)10-13(5)6/h12-13H,7-11,15H2,1-6H3. The molecule has 2 N–H and O–H groups in total. The second kappa shape index (κ2) is 7.29. The molecule has 0 spiro atoms. The topological polar surface area (TPSA) is 29.3 Å². The molecular formula is C14H32N2. The molecule has 0 saturated heterocycles. The van der Waals surface area contributed by atoms with Gasteiger partial charge in [-0.15, -0.1) is 0 Å². The van der Waals surface area contributed by atoms with Gasteiger partial charge >= 0.3 is 0 Å². The average Bonchev–Trinajstić information content (AvgIpc) is 2.17. The van der Waals surface area contributed by atoms with E-state index in [0.717, 1.165) is 19.6 Å². The van der Waals surface area contributed by atoms with E-state index in [2.05, 4.69) is 46.4 Å². The Morgan fingerprint density at radius 2 is 1.31 bits per heavy atom. The van der Waals surface area contributed by atoms with Crippen molar-refractivity contribution in [2.24, 2.45) is 17.6 Å². The van der Waals surface area contributed by atoms with Crippen molar-refractivity contribution >= 4 is 0 Å². The van der Waals surface area contributed by atoms with Gasteiger partial charge in [-0.25, -0.2) is 0 Å². The van der Waals surface area contributed by atoms with Gasteiger partial charge in [0.25, 0.3) is 0 Å². The molecule has 0 rings (SSSR count). The van der Waals surface area contributed by atoms with Gasteiger partial charge in [-0.3, -0.25) is 4.90 Å². The van der Waals surface area contributed by atoms with Gasteiger partial charge in [-0.2, -0.15) is 0 Å². The lowest BCUT2D eigenvalue weighted by Gasteiger charge is -2.45. The van der Waals surface area contributed by atoms with Crippen LogP contribution in [-0.4, -0.2) is 30.1 Å². The van der Waals surface area contributed by atoms with Gasteiger partial charge in [0.05, 0.1) is 0 Å². The van der Waals surface area contributed by atoms with Crippen LogP contribution >= 0.6 is 0 Å². The van der Waals surface area contributed by atoms with Crippen molar-refractivity contribution in [2.45, 2.75) is 59.9 Å². The number of rotatable bonds is 8. The molecule has 0 amide bonds. The van der Waals surface area contributed by atoms with Crippen molar-refractivity contribution in [3.8, 4) is 0 Å². The Labute approximate surface area is 103 Å². The van der Waals surface area contributed by atoms with Gasteiger partial charge in [0, 0.05) is 12.1 Å². The summed E-state index contributed by atoms with van der Waals surface area (Å²) < 4.78 is 0. The number of nitrogens with zero attached hydrogens (tertiary/aromatic N) is 1. The van der Waals surface area contributed by atoms with Gasteiger partial charge < -0.3 is 5.73 Å². The Balaban J connectivity index is 4.92. The highest BCUT2D eigenvalue weighted by Crippen LogP contribution is 2.30. The molecular weight excluding hydrogens is 196 g/mol. The highest BCUT2D eigenvalue weighted by Gasteiger charge is 2.34. The summed E-state index contributed by atoms with van der Waals surface area (Å²) in [7, 11) is 0. The molecule has 0 aromatic carbocycles. The quantitative estimate of drug-likeness (QED) is 0.691. The molecule has 0 fully saturated rings. The fourth-order valence-corrected chi connectivity index (χ4v) is 3.05. The molecule has 98 valence electrons. The van der Waals surface area contributed by atoms with Gasteiger partial charge in [-0.1, -0.05) is 41.5 Å².